The van der Waals surface area contributed by atoms with Gasteiger partial charge in [0.05, 0.1) is 30.0 Å². The van der Waals surface area contributed by atoms with Gasteiger partial charge >= 0.3 is 0 Å². The number of hydrogen-bond acceptors (Lipinski definition) is 5. The van der Waals surface area contributed by atoms with Gasteiger partial charge in [0.2, 0.25) is 0 Å². The highest BCUT2D eigenvalue weighted by Gasteiger charge is 2.23. The van der Waals surface area contributed by atoms with E-state index in [1.54, 1.807) is 30.5 Å². The van der Waals surface area contributed by atoms with Crippen LogP contribution in [0.3, 0.4) is 0 Å². The van der Waals surface area contributed by atoms with Crippen molar-refractivity contribution in [3.05, 3.63) is 53.9 Å². The number of aromatic nitrogens is 1. The molecule has 24 heavy (non-hydrogen) atoms. The molecule has 1 saturated carbocycles. The number of ether oxygens (including phenoxy) is 2. The van der Waals surface area contributed by atoms with Gasteiger partial charge in [-0.3, -0.25) is 0 Å². The van der Waals surface area contributed by atoms with Gasteiger partial charge in [0, 0.05) is 0 Å². The SMILES string of the molecule is N#Cc1ccc(O[C@H]2CC[C@H](Oc3ccc(C#N)nc3)CC2)cc1. The molecular weight excluding hydrogens is 302 g/mol. The smallest absolute Gasteiger partial charge is 0.140 e. The van der Waals surface area contributed by atoms with Crippen molar-refractivity contribution in [3.8, 4) is 23.6 Å². The van der Waals surface area contributed by atoms with Gasteiger partial charge in [-0.05, 0) is 62.1 Å². The van der Waals surface area contributed by atoms with Crippen molar-refractivity contribution in [2.45, 2.75) is 37.9 Å². The van der Waals surface area contributed by atoms with Crippen LogP contribution in [0.15, 0.2) is 42.6 Å². The van der Waals surface area contributed by atoms with Crippen molar-refractivity contribution < 1.29 is 9.47 Å². The van der Waals surface area contributed by atoms with Crippen LogP contribution in [0, 0.1) is 22.7 Å². The second kappa shape index (κ2) is 7.48. The molecule has 1 fully saturated rings. The number of nitriles is 2. The summed E-state index contributed by atoms with van der Waals surface area (Å²) in [5.41, 5.74) is 1.03. The molecule has 1 aliphatic carbocycles. The Kier molecular flexibility index (Phi) is 4.93. The molecule has 1 heterocycles. The zero-order valence-electron chi connectivity index (χ0n) is 13.2. The molecule has 0 N–H and O–H groups in total. The first kappa shape index (κ1) is 15.8. The van der Waals surface area contributed by atoms with Crippen LogP contribution in [-0.4, -0.2) is 17.2 Å². The van der Waals surface area contributed by atoms with Crippen LogP contribution in [0.25, 0.3) is 0 Å². The molecule has 0 aliphatic heterocycles. The van der Waals surface area contributed by atoms with E-state index in [2.05, 4.69) is 11.1 Å². The van der Waals surface area contributed by atoms with E-state index in [1.165, 1.54) is 0 Å². The Balaban J connectivity index is 1.48. The average molecular weight is 319 g/mol. The monoisotopic (exact) mass is 319 g/mol. The Hall–Kier alpha value is -3.05. The zero-order valence-corrected chi connectivity index (χ0v) is 13.2. The number of benzene rings is 1. The second-order valence-electron chi connectivity index (χ2n) is 5.76. The maximum absolute atomic E-state index is 8.80. The first-order chi connectivity index (χ1) is 11.8. The van der Waals surface area contributed by atoms with Crippen LogP contribution in [0.1, 0.15) is 36.9 Å². The largest absolute Gasteiger partial charge is 0.490 e. The number of pyridine rings is 1. The third kappa shape index (κ3) is 4.02. The summed E-state index contributed by atoms with van der Waals surface area (Å²) in [5, 5.41) is 17.6. The van der Waals surface area contributed by atoms with Crippen LogP contribution in [-0.2, 0) is 0 Å². The third-order valence-electron chi connectivity index (χ3n) is 4.06. The van der Waals surface area contributed by atoms with Gasteiger partial charge in [-0.2, -0.15) is 10.5 Å². The molecule has 0 amide bonds. The lowest BCUT2D eigenvalue weighted by Crippen LogP contribution is -2.30. The first-order valence-electron chi connectivity index (χ1n) is 7.96. The molecule has 1 aromatic heterocycles. The third-order valence-corrected chi connectivity index (χ3v) is 4.06. The molecular formula is C19H17N3O2. The summed E-state index contributed by atoms with van der Waals surface area (Å²) in [6.45, 7) is 0. The normalized spacial score (nSPS) is 19.8. The van der Waals surface area contributed by atoms with Gasteiger partial charge in [-0.15, -0.1) is 0 Å². The minimum atomic E-state index is 0.153. The highest BCUT2D eigenvalue weighted by molar-refractivity contribution is 5.34. The van der Waals surface area contributed by atoms with Gasteiger partial charge in [0.25, 0.3) is 0 Å². The molecule has 0 bridgehead atoms. The molecule has 2 aromatic rings. The van der Waals surface area contributed by atoms with E-state index in [0.29, 0.717) is 17.0 Å². The lowest BCUT2D eigenvalue weighted by Gasteiger charge is -2.29. The van der Waals surface area contributed by atoms with Crippen LogP contribution in [0.2, 0.25) is 0 Å². The predicted molar refractivity (Wildman–Crippen MR) is 87.4 cm³/mol. The molecule has 5 heteroatoms. The lowest BCUT2D eigenvalue weighted by atomic mass is 9.95. The summed E-state index contributed by atoms with van der Waals surface area (Å²) < 4.78 is 11.9. The molecule has 0 spiro atoms. The minimum Gasteiger partial charge on any atom is -0.490 e. The van der Waals surface area contributed by atoms with Crippen molar-refractivity contribution in [1.82, 2.24) is 4.98 Å². The molecule has 1 aliphatic rings. The highest BCUT2D eigenvalue weighted by atomic mass is 16.5. The summed E-state index contributed by atoms with van der Waals surface area (Å²) in [6.07, 6.45) is 5.61. The molecule has 0 atom stereocenters. The zero-order chi connectivity index (χ0) is 16.8. The van der Waals surface area contributed by atoms with E-state index >= 15 is 0 Å². The van der Waals surface area contributed by atoms with Crippen molar-refractivity contribution >= 4 is 0 Å². The van der Waals surface area contributed by atoms with Gasteiger partial charge < -0.3 is 9.47 Å². The standard InChI is InChI=1S/C19H17N3O2/c20-11-14-1-4-16(5-2-14)23-17-7-9-18(10-8-17)24-19-6-3-15(12-21)22-13-19/h1-6,13,17-18H,7-10H2/t17-,18-. The summed E-state index contributed by atoms with van der Waals surface area (Å²) in [7, 11) is 0. The molecule has 3 rings (SSSR count). The molecule has 5 nitrogen and oxygen atoms in total. The van der Waals surface area contributed by atoms with E-state index in [0.717, 1.165) is 31.4 Å². The fraction of sp³-hybridized carbons (Fsp3) is 0.316. The fourth-order valence-electron chi connectivity index (χ4n) is 2.78. The molecule has 1 aromatic carbocycles. The fourth-order valence-corrected chi connectivity index (χ4v) is 2.78. The van der Waals surface area contributed by atoms with Crippen LogP contribution >= 0.6 is 0 Å². The Morgan fingerprint density at radius 3 is 1.88 bits per heavy atom. The van der Waals surface area contributed by atoms with Gasteiger partial charge in [-0.1, -0.05) is 0 Å². The maximum atomic E-state index is 8.80. The van der Waals surface area contributed by atoms with E-state index in [-0.39, 0.29) is 12.2 Å². The number of hydrogen-bond donors (Lipinski definition) is 0. The van der Waals surface area contributed by atoms with E-state index in [4.69, 9.17) is 20.0 Å². The molecule has 120 valence electrons. The maximum Gasteiger partial charge on any atom is 0.140 e. The molecule has 0 saturated heterocycles. The van der Waals surface area contributed by atoms with E-state index < -0.39 is 0 Å². The minimum absolute atomic E-state index is 0.153. The van der Waals surface area contributed by atoms with E-state index in [1.807, 2.05) is 18.2 Å². The van der Waals surface area contributed by atoms with Crippen LogP contribution < -0.4 is 9.47 Å². The summed E-state index contributed by atoms with van der Waals surface area (Å²) in [6, 6.07) is 14.7. The van der Waals surface area contributed by atoms with Crippen molar-refractivity contribution in [2.75, 3.05) is 0 Å². The van der Waals surface area contributed by atoms with Crippen molar-refractivity contribution in [2.24, 2.45) is 0 Å². The lowest BCUT2D eigenvalue weighted by molar-refractivity contribution is 0.0804. The quantitative estimate of drug-likeness (QED) is 0.860. The Labute approximate surface area is 141 Å². The summed E-state index contributed by atoms with van der Waals surface area (Å²) >= 11 is 0. The Morgan fingerprint density at radius 1 is 0.792 bits per heavy atom. The predicted octanol–water partition coefficient (Wildman–Crippen LogP) is 3.59. The van der Waals surface area contributed by atoms with Crippen molar-refractivity contribution in [1.29, 1.82) is 10.5 Å². The van der Waals surface area contributed by atoms with Crippen LogP contribution in [0.5, 0.6) is 11.5 Å². The molecule has 0 radical (unpaired) electrons. The van der Waals surface area contributed by atoms with Gasteiger partial charge in [0.1, 0.15) is 23.3 Å². The highest BCUT2D eigenvalue weighted by Crippen LogP contribution is 2.27. The van der Waals surface area contributed by atoms with Crippen LogP contribution in [0.4, 0.5) is 0 Å². The van der Waals surface area contributed by atoms with Gasteiger partial charge in [-0.25, -0.2) is 4.98 Å². The summed E-state index contributed by atoms with van der Waals surface area (Å²) in [5.74, 6) is 1.50. The Morgan fingerprint density at radius 2 is 1.38 bits per heavy atom. The Bertz CT molecular complexity index is 682. The second-order valence-corrected chi connectivity index (χ2v) is 5.76. The number of nitrogens with zero attached hydrogens (tertiary/aromatic N) is 3. The van der Waals surface area contributed by atoms with Crippen molar-refractivity contribution in [3.63, 3.8) is 0 Å². The topological polar surface area (TPSA) is 78.9 Å². The van der Waals surface area contributed by atoms with Gasteiger partial charge in [0.15, 0.2) is 0 Å². The average Bonchev–Trinajstić information content (AvgIpc) is 2.65. The number of rotatable bonds is 4. The summed E-state index contributed by atoms with van der Waals surface area (Å²) in [4.78, 5) is 4.01. The molecule has 0 unspecified atom stereocenters. The van der Waals surface area contributed by atoms with E-state index in [9.17, 15) is 0 Å². The first-order valence-corrected chi connectivity index (χ1v) is 7.96.